The van der Waals surface area contributed by atoms with E-state index in [1.807, 2.05) is 35.7 Å². The Morgan fingerprint density at radius 2 is 2.00 bits per heavy atom. The number of rotatable bonds is 6. The van der Waals surface area contributed by atoms with Gasteiger partial charge in [-0.05, 0) is 18.2 Å². The summed E-state index contributed by atoms with van der Waals surface area (Å²) in [5, 5.41) is 12.9. The van der Waals surface area contributed by atoms with Crippen LogP contribution in [0.3, 0.4) is 0 Å². The van der Waals surface area contributed by atoms with E-state index in [4.69, 9.17) is 23.2 Å². The quantitative estimate of drug-likeness (QED) is 0.454. The van der Waals surface area contributed by atoms with Gasteiger partial charge >= 0.3 is 0 Å². The van der Waals surface area contributed by atoms with E-state index in [9.17, 15) is 10.1 Å². The topological polar surface area (TPSA) is 53.8 Å². The molecule has 0 saturated heterocycles. The minimum absolute atomic E-state index is 0.124. The predicted molar refractivity (Wildman–Crippen MR) is 108 cm³/mol. The number of aromatic nitrogens is 1. The molecule has 0 aliphatic carbocycles. The van der Waals surface area contributed by atoms with E-state index >= 15 is 0 Å². The number of hydrogen-bond acceptors (Lipinski definition) is 5. The Morgan fingerprint density at radius 1 is 1.23 bits per heavy atom. The molecule has 0 bridgehead atoms. The van der Waals surface area contributed by atoms with Crippen molar-refractivity contribution in [1.82, 2.24) is 4.98 Å². The molecule has 0 unspecified atom stereocenters. The van der Waals surface area contributed by atoms with Crippen LogP contribution in [0, 0.1) is 11.3 Å². The van der Waals surface area contributed by atoms with Gasteiger partial charge in [-0.2, -0.15) is 5.26 Å². The molecule has 26 heavy (non-hydrogen) atoms. The lowest BCUT2D eigenvalue weighted by molar-refractivity contribution is -0.116. The Bertz CT molecular complexity index is 967. The van der Waals surface area contributed by atoms with Gasteiger partial charge in [-0.1, -0.05) is 53.5 Å². The van der Waals surface area contributed by atoms with Crippen molar-refractivity contribution in [3.05, 3.63) is 69.0 Å². The molecule has 130 valence electrons. The third-order valence-corrected chi connectivity index (χ3v) is 6.22. The third-order valence-electron chi connectivity index (χ3n) is 3.55. The van der Waals surface area contributed by atoms with Crippen LogP contribution in [0.15, 0.2) is 58.8 Å². The molecule has 1 aromatic heterocycles. The maximum Gasteiger partial charge on any atom is 0.167 e. The van der Waals surface area contributed by atoms with Crippen LogP contribution >= 0.6 is 46.3 Å². The highest BCUT2D eigenvalue weighted by Crippen LogP contribution is 2.32. The number of thiazole rings is 1. The lowest BCUT2D eigenvalue weighted by Gasteiger charge is -2.07. The van der Waals surface area contributed by atoms with Gasteiger partial charge in [0, 0.05) is 20.9 Å². The molecular formula is C19H12Cl2N2OS2. The lowest BCUT2D eigenvalue weighted by Crippen LogP contribution is -2.13. The van der Waals surface area contributed by atoms with Gasteiger partial charge in [0.1, 0.15) is 5.01 Å². The molecule has 3 aromatic rings. The largest absolute Gasteiger partial charge is 0.297 e. The van der Waals surface area contributed by atoms with Gasteiger partial charge in [0.25, 0.3) is 0 Å². The number of carbonyl (C=O) groups is 1. The molecular weight excluding hydrogens is 407 g/mol. The Hall–Kier alpha value is -1.84. The van der Waals surface area contributed by atoms with Crippen LogP contribution in [-0.4, -0.2) is 16.5 Å². The van der Waals surface area contributed by atoms with Gasteiger partial charge < -0.3 is 0 Å². The summed E-state index contributed by atoms with van der Waals surface area (Å²) in [6, 6.07) is 16.8. The van der Waals surface area contributed by atoms with E-state index in [1.165, 1.54) is 23.1 Å². The summed E-state index contributed by atoms with van der Waals surface area (Å²) < 4.78 is 0. The van der Waals surface area contributed by atoms with Gasteiger partial charge in [0.2, 0.25) is 0 Å². The van der Waals surface area contributed by atoms with Gasteiger partial charge in [-0.15, -0.1) is 23.1 Å². The molecule has 3 rings (SSSR count). The summed E-state index contributed by atoms with van der Waals surface area (Å²) in [7, 11) is 0. The van der Waals surface area contributed by atoms with Crippen LogP contribution in [0.5, 0.6) is 0 Å². The summed E-state index contributed by atoms with van der Waals surface area (Å²) >= 11 is 14.7. The summed E-state index contributed by atoms with van der Waals surface area (Å²) in [6.07, 6.45) is 0. The first-order chi connectivity index (χ1) is 12.6. The lowest BCUT2D eigenvalue weighted by atomic mass is 10.1. The summed E-state index contributed by atoms with van der Waals surface area (Å²) in [6.45, 7) is 0. The highest BCUT2D eigenvalue weighted by Gasteiger charge is 2.24. The zero-order valence-corrected chi connectivity index (χ0v) is 16.5. The minimum atomic E-state index is -0.886. The van der Waals surface area contributed by atoms with Crippen molar-refractivity contribution in [2.24, 2.45) is 0 Å². The standard InChI is InChI=1S/C19H12Cl2N2OS2/c20-13-6-7-15(21)18(8-13)25-11-17(24)14(9-22)19-23-16(10-26-19)12-4-2-1-3-5-12/h1-8,10,14H,11H2/t14-/m0/s1. The number of ketones is 1. The second kappa shape index (κ2) is 8.70. The molecule has 0 fully saturated rings. The maximum atomic E-state index is 12.5. The van der Waals surface area contributed by atoms with Crippen molar-refractivity contribution >= 4 is 52.1 Å². The third kappa shape index (κ3) is 4.46. The van der Waals surface area contributed by atoms with Crippen LogP contribution in [0.25, 0.3) is 11.3 Å². The summed E-state index contributed by atoms with van der Waals surface area (Å²) in [5.41, 5.74) is 1.73. The smallest absolute Gasteiger partial charge is 0.167 e. The van der Waals surface area contributed by atoms with E-state index in [2.05, 4.69) is 11.1 Å². The van der Waals surface area contributed by atoms with E-state index in [0.717, 1.165) is 11.3 Å². The van der Waals surface area contributed by atoms with Crippen molar-refractivity contribution < 1.29 is 4.79 Å². The molecule has 7 heteroatoms. The fraction of sp³-hybridized carbons (Fsp3) is 0.105. The summed E-state index contributed by atoms with van der Waals surface area (Å²) in [4.78, 5) is 17.7. The highest BCUT2D eigenvalue weighted by molar-refractivity contribution is 8.00. The van der Waals surface area contributed by atoms with Crippen molar-refractivity contribution in [2.45, 2.75) is 10.8 Å². The molecule has 2 aromatic carbocycles. The van der Waals surface area contributed by atoms with Crippen LogP contribution < -0.4 is 0 Å². The average molecular weight is 419 g/mol. The molecule has 0 aliphatic heterocycles. The zero-order chi connectivity index (χ0) is 18.5. The second-order valence-corrected chi connectivity index (χ2v) is 8.08. The van der Waals surface area contributed by atoms with Crippen LogP contribution in [0.4, 0.5) is 0 Å². The van der Waals surface area contributed by atoms with Crippen molar-refractivity contribution in [2.75, 3.05) is 5.75 Å². The Kier molecular flexibility index (Phi) is 6.33. The highest BCUT2D eigenvalue weighted by atomic mass is 35.5. The number of carbonyl (C=O) groups excluding carboxylic acids is 1. The molecule has 0 radical (unpaired) electrons. The molecule has 0 N–H and O–H groups in total. The fourth-order valence-electron chi connectivity index (χ4n) is 2.25. The first-order valence-electron chi connectivity index (χ1n) is 7.59. The monoisotopic (exact) mass is 418 g/mol. The molecule has 1 heterocycles. The number of halogens is 2. The van der Waals surface area contributed by atoms with Crippen molar-refractivity contribution in [3.63, 3.8) is 0 Å². The molecule has 0 spiro atoms. The first-order valence-corrected chi connectivity index (χ1v) is 10.2. The Labute approximate surface area is 169 Å². The maximum absolute atomic E-state index is 12.5. The number of nitriles is 1. The fourth-order valence-corrected chi connectivity index (χ4v) is 4.54. The van der Waals surface area contributed by atoms with Crippen LogP contribution in [0.2, 0.25) is 10.0 Å². The van der Waals surface area contributed by atoms with E-state index in [-0.39, 0.29) is 11.5 Å². The van der Waals surface area contributed by atoms with E-state index < -0.39 is 5.92 Å². The second-order valence-electron chi connectivity index (χ2n) is 5.33. The van der Waals surface area contributed by atoms with Gasteiger partial charge in [-0.25, -0.2) is 4.98 Å². The van der Waals surface area contributed by atoms with Gasteiger partial charge in [0.15, 0.2) is 11.7 Å². The molecule has 0 amide bonds. The first kappa shape index (κ1) is 18.9. The van der Waals surface area contributed by atoms with Gasteiger partial charge in [-0.3, -0.25) is 4.79 Å². The minimum Gasteiger partial charge on any atom is -0.297 e. The number of benzene rings is 2. The Balaban J connectivity index is 1.73. The van der Waals surface area contributed by atoms with Crippen LogP contribution in [-0.2, 0) is 4.79 Å². The van der Waals surface area contributed by atoms with Gasteiger partial charge in [0.05, 0.1) is 22.5 Å². The van der Waals surface area contributed by atoms with Crippen LogP contribution in [0.1, 0.15) is 10.9 Å². The number of thioether (sulfide) groups is 1. The Morgan fingerprint density at radius 3 is 2.73 bits per heavy atom. The normalized spacial score (nSPS) is 11.7. The average Bonchev–Trinajstić information content (AvgIpc) is 3.13. The number of nitrogens with zero attached hydrogens (tertiary/aromatic N) is 2. The SMILES string of the molecule is N#C[C@@H](C(=O)CSc1cc(Cl)ccc1Cl)c1nc(-c2ccccc2)cs1. The predicted octanol–water partition coefficient (Wildman–Crippen LogP) is 6.09. The summed E-state index contributed by atoms with van der Waals surface area (Å²) in [5.74, 6) is -0.969. The van der Waals surface area contributed by atoms with Crippen molar-refractivity contribution in [3.8, 4) is 17.3 Å². The molecule has 3 nitrogen and oxygen atoms in total. The van der Waals surface area contributed by atoms with E-state index in [1.54, 1.807) is 18.2 Å². The molecule has 0 saturated carbocycles. The number of Topliss-reactive ketones (excluding diaryl/α,β-unsaturated/α-hetero) is 1. The molecule has 1 atom stereocenters. The zero-order valence-electron chi connectivity index (χ0n) is 13.4. The van der Waals surface area contributed by atoms with E-state index in [0.29, 0.717) is 19.9 Å². The van der Waals surface area contributed by atoms with Crippen molar-refractivity contribution in [1.29, 1.82) is 5.26 Å². The molecule has 0 aliphatic rings. The number of hydrogen-bond donors (Lipinski definition) is 0.